The molecule has 0 heterocycles. The van der Waals surface area contributed by atoms with E-state index in [1.54, 1.807) is 12.2 Å². The number of ether oxygens (including phenoxy) is 2. The van der Waals surface area contributed by atoms with Crippen LogP contribution in [0.5, 0.6) is 0 Å². The molecule has 10 nitrogen and oxygen atoms in total. The van der Waals surface area contributed by atoms with Crippen LogP contribution in [0.1, 0.15) is 142 Å². The van der Waals surface area contributed by atoms with E-state index in [2.05, 4.69) is 27.0 Å². The Labute approximate surface area is 258 Å². The van der Waals surface area contributed by atoms with Crippen molar-refractivity contribution in [1.82, 2.24) is 0 Å². The maximum Gasteiger partial charge on any atom is 0.394 e. The summed E-state index contributed by atoms with van der Waals surface area (Å²) in [5.74, 6) is 0. The molecule has 0 aliphatic heterocycles. The summed E-state index contributed by atoms with van der Waals surface area (Å²) >= 11 is 0. The summed E-state index contributed by atoms with van der Waals surface area (Å²) in [6, 6.07) is 0. The fourth-order valence-electron chi connectivity index (χ4n) is 3.72. The first-order valence-corrected chi connectivity index (χ1v) is 18.4. The van der Waals surface area contributed by atoms with Crippen molar-refractivity contribution < 1.29 is 44.5 Å². The highest BCUT2D eigenvalue weighted by Crippen LogP contribution is 2.12. The predicted octanol–water partition coefficient (Wildman–Crippen LogP) is 8.91. The van der Waals surface area contributed by atoms with Gasteiger partial charge in [-0.1, -0.05) is 142 Å². The van der Waals surface area contributed by atoms with Gasteiger partial charge in [-0.3, -0.25) is 18.2 Å². The van der Waals surface area contributed by atoms with Gasteiger partial charge in [0.15, 0.2) is 0 Å². The molecule has 0 amide bonds. The number of rotatable bonds is 26. The van der Waals surface area contributed by atoms with Crippen molar-refractivity contribution in [2.24, 2.45) is 0 Å². The molecule has 0 bridgehead atoms. The minimum absolute atomic E-state index is 0.617. The highest BCUT2D eigenvalue weighted by atomic mass is 32.3. The van der Waals surface area contributed by atoms with Gasteiger partial charge in [-0.15, -0.1) is 13.2 Å². The summed E-state index contributed by atoms with van der Waals surface area (Å²) < 4.78 is 73.8. The highest BCUT2D eigenvalue weighted by molar-refractivity contribution is 7.80. The Hall–Kier alpha value is -0.860. The van der Waals surface area contributed by atoms with Crippen LogP contribution < -0.4 is 0 Å². The Morgan fingerprint density at radius 1 is 0.452 bits per heavy atom. The van der Waals surface area contributed by atoms with Crippen molar-refractivity contribution in [2.45, 2.75) is 142 Å². The lowest BCUT2D eigenvalue weighted by Crippen LogP contribution is -1.97. The third kappa shape index (κ3) is 90.1. The van der Waals surface area contributed by atoms with Gasteiger partial charge in [-0.2, -0.15) is 16.8 Å². The molecule has 0 saturated heterocycles. The third-order valence-corrected chi connectivity index (χ3v) is 5.76. The van der Waals surface area contributed by atoms with Crippen LogP contribution in [0.25, 0.3) is 0 Å². The first-order valence-electron chi connectivity index (χ1n) is 15.6. The topological polar surface area (TPSA) is 168 Å². The molecule has 0 aromatic rings. The van der Waals surface area contributed by atoms with Gasteiger partial charge in [-0.25, -0.2) is 0 Å². The van der Waals surface area contributed by atoms with Gasteiger partial charge in [0, 0.05) is 13.2 Å². The van der Waals surface area contributed by atoms with Crippen LogP contribution in [-0.2, 0) is 30.3 Å². The summed E-state index contributed by atoms with van der Waals surface area (Å²) in [4.78, 5) is 0. The summed E-state index contributed by atoms with van der Waals surface area (Å²) in [6.07, 6.45) is 31.6. The zero-order valence-electron chi connectivity index (χ0n) is 26.6. The van der Waals surface area contributed by atoms with Crippen molar-refractivity contribution >= 4 is 20.8 Å². The van der Waals surface area contributed by atoms with Crippen molar-refractivity contribution in [3.63, 3.8) is 0 Å². The van der Waals surface area contributed by atoms with Gasteiger partial charge < -0.3 is 9.47 Å². The lowest BCUT2D eigenvalue weighted by Gasteiger charge is -2.05. The van der Waals surface area contributed by atoms with E-state index in [0.717, 1.165) is 13.2 Å². The van der Waals surface area contributed by atoms with E-state index >= 15 is 0 Å². The SMILES string of the molecule is C=CCOCC=C.CCCCCCCCCCCCOCCCCCCCCCCCC.O=S(=O)(O)O.O=S(=O)(O)O. The predicted molar refractivity (Wildman–Crippen MR) is 174 cm³/mol. The van der Waals surface area contributed by atoms with Crippen LogP contribution in [-0.4, -0.2) is 61.5 Å². The molecule has 256 valence electrons. The van der Waals surface area contributed by atoms with E-state index in [1.165, 1.54) is 128 Å². The maximum absolute atomic E-state index is 8.74. The van der Waals surface area contributed by atoms with Crippen molar-refractivity contribution in [3.05, 3.63) is 25.3 Å². The Morgan fingerprint density at radius 3 is 0.881 bits per heavy atom. The second-order valence-corrected chi connectivity index (χ2v) is 11.8. The molecule has 0 saturated carbocycles. The van der Waals surface area contributed by atoms with E-state index in [4.69, 9.17) is 44.5 Å². The summed E-state index contributed by atoms with van der Waals surface area (Å²) in [5, 5.41) is 0. The van der Waals surface area contributed by atoms with Crippen LogP contribution in [0.4, 0.5) is 0 Å². The quantitative estimate of drug-likeness (QED) is 0.0404. The molecule has 42 heavy (non-hydrogen) atoms. The van der Waals surface area contributed by atoms with Crippen molar-refractivity contribution in [3.8, 4) is 0 Å². The van der Waals surface area contributed by atoms with Crippen LogP contribution in [0.15, 0.2) is 25.3 Å². The van der Waals surface area contributed by atoms with Crippen LogP contribution >= 0.6 is 0 Å². The van der Waals surface area contributed by atoms with Crippen molar-refractivity contribution in [2.75, 3.05) is 26.4 Å². The maximum atomic E-state index is 8.74. The Bertz CT molecular complexity index is 650. The molecule has 0 rings (SSSR count). The Balaban J connectivity index is -0.000000342. The van der Waals surface area contributed by atoms with E-state index < -0.39 is 20.8 Å². The third-order valence-electron chi connectivity index (χ3n) is 5.76. The number of unbranched alkanes of at least 4 members (excludes halogenated alkanes) is 18. The minimum atomic E-state index is -4.67. The first kappa shape index (κ1) is 48.1. The van der Waals surface area contributed by atoms with E-state index in [9.17, 15) is 0 Å². The largest absolute Gasteiger partial charge is 0.394 e. The molecule has 0 atom stereocenters. The summed E-state index contributed by atoms with van der Waals surface area (Å²) in [6.45, 7) is 14.7. The average Bonchev–Trinajstić information content (AvgIpc) is 2.88. The van der Waals surface area contributed by atoms with E-state index in [1.807, 2.05) is 0 Å². The normalized spacial score (nSPS) is 10.8. The zero-order chi connectivity index (χ0) is 32.8. The first-order chi connectivity index (χ1) is 19.8. The molecule has 0 aliphatic carbocycles. The fraction of sp³-hybridized carbons (Fsp3) is 0.867. The van der Waals surface area contributed by atoms with Gasteiger partial charge in [-0.05, 0) is 12.8 Å². The fourth-order valence-corrected chi connectivity index (χ4v) is 3.72. The van der Waals surface area contributed by atoms with E-state index in [0.29, 0.717) is 13.2 Å². The minimum Gasteiger partial charge on any atom is -0.381 e. The van der Waals surface area contributed by atoms with Gasteiger partial charge in [0.1, 0.15) is 0 Å². The molecule has 0 unspecified atom stereocenters. The molecular formula is C30H64O10S2. The highest BCUT2D eigenvalue weighted by Gasteiger charge is 1.95. The second-order valence-electron chi connectivity index (χ2n) is 9.99. The summed E-state index contributed by atoms with van der Waals surface area (Å²) in [5.41, 5.74) is 0. The van der Waals surface area contributed by atoms with Crippen LogP contribution in [0.2, 0.25) is 0 Å². The molecule has 4 N–H and O–H groups in total. The Kier molecular flexibility index (Phi) is 45.9. The monoisotopic (exact) mass is 648 g/mol. The van der Waals surface area contributed by atoms with Crippen LogP contribution in [0.3, 0.4) is 0 Å². The van der Waals surface area contributed by atoms with Crippen LogP contribution in [0, 0.1) is 0 Å². The average molecular weight is 649 g/mol. The molecule has 0 fully saturated rings. The second kappa shape index (κ2) is 40.1. The molecule has 12 heteroatoms. The molecule has 0 aliphatic rings. The Morgan fingerprint density at radius 2 is 0.667 bits per heavy atom. The van der Waals surface area contributed by atoms with Gasteiger partial charge in [0.2, 0.25) is 0 Å². The van der Waals surface area contributed by atoms with Gasteiger partial charge in [0.05, 0.1) is 13.2 Å². The smallest absolute Gasteiger partial charge is 0.381 e. The standard InChI is InChI=1S/C24H50O.C6H10O.2H2O4S/c1-3-5-7-9-11-13-15-17-19-21-23-25-24-22-20-18-16-14-12-10-8-6-4-2;1-3-5-7-6-4-2;2*1-5(2,3)4/h3-24H2,1-2H3;3-4H,1-2,5-6H2;2*(H2,1,2,3,4). The molecule has 0 aromatic heterocycles. The van der Waals surface area contributed by atoms with Crippen molar-refractivity contribution in [1.29, 1.82) is 0 Å². The molecule has 0 spiro atoms. The number of hydrogen-bond acceptors (Lipinski definition) is 6. The zero-order valence-corrected chi connectivity index (χ0v) is 28.2. The molecular weight excluding hydrogens is 584 g/mol. The molecule has 0 aromatic carbocycles. The van der Waals surface area contributed by atoms with Gasteiger partial charge in [0.25, 0.3) is 0 Å². The lowest BCUT2D eigenvalue weighted by molar-refractivity contribution is 0.125. The van der Waals surface area contributed by atoms with E-state index in [-0.39, 0.29) is 0 Å². The summed E-state index contributed by atoms with van der Waals surface area (Å²) in [7, 11) is -9.33. The molecule has 0 radical (unpaired) electrons. The van der Waals surface area contributed by atoms with Gasteiger partial charge >= 0.3 is 20.8 Å². The lowest BCUT2D eigenvalue weighted by atomic mass is 10.1. The number of hydrogen-bond donors (Lipinski definition) is 4.